The molecule has 0 amide bonds. The minimum Gasteiger partial charge on any atom is -0.358 e. The molecule has 2 aliphatic rings. The SMILES string of the molecule is C1=C/C=C\CCC=C1.[C-]1=CC=CC1.[CH3-].[CH3-].[CH3-].[CH3-].[CH3-].[Re]. The van der Waals surface area contributed by atoms with Crippen LogP contribution in [0.5, 0.6) is 0 Å². The summed E-state index contributed by atoms with van der Waals surface area (Å²) >= 11 is 0. The fourth-order valence-corrected chi connectivity index (χ4v) is 1.01. The Kier molecular flexibility index (Phi) is 58.0. The van der Waals surface area contributed by atoms with Gasteiger partial charge in [0.25, 0.3) is 0 Å². The van der Waals surface area contributed by atoms with E-state index in [9.17, 15) is 0 Å². The Morgan fingerprint density at radius 3 is 1.32 bits per heavy atom. The normalized spacial score (nSPS) is 13.9. The Balaban J connectivity index is -0.0000000352. The second-order valence-electron chi connectivity index (χ2n) is 2.82. The second kappa shape index (κ2) is 30.4. The van der Waals surface area contributed by atoms with Crippen LogP contribution in [-0.4, -0.2) is 0 Å². The van der Waals surface area contributed by atoms with E-state index in [0.717, 1.165) is 6.42 Å². The van der Waals surface area contributed by atoms with Gasteiger partial charge in [-0.1, -0.05) is 36.5 Å². The van der Waals surface area contributed by atoms with Crippen LogP contribution in [0.3, 0.4) is 0 Å². The van der Waals surface area contributed by atoms with Gasteiger partial charge < -0.3 is 37.1 Å². The molecule has 0 N–H and O–H groups in total. The van der Waals surface area contributed by atoms with Crippen LogP contribution in [-0.2, 0) is 20.4 Å². The molecule has 0 aromatic rings. The summed E-state index contributed by atoms with van der Waals surface area (Å²) in [7, 11) is 0. The zero-order chi connectivity index (χ0) is 9.19. The molecular weight excluding hydrogens is 402 g/mol. The number of rotatable bonds is 0. The zero-order valence-electron chi connectivity index (χ0n) is 13.2. The third kappa shape index (κ3) is 26.8. The first-order valence-corrected chi connectivity index (χ1v) is 4.70. The maximum absolute atomic E-state index is 2.99. The van der Waals surface area contributed by atoms with E-state index in [-0.39, 0.29) is 57.6 Å². The Hall–Kier alpha value is -0.638. The van der Waals surface area contributed by atoms with E-state index >= 15 is 0 Å². The minimum atomic E-state index is 0. The van der Waals surface area contributed by atoms with Gasteiger partial charge in [0.1, 0.15) is 0 Å². The van der Waals surface area contributed by atoms with Gasteiger partial charge in [0.2, 0.25) is 0 Å². The summed E-state index contributed by atoms with van der Waals surface area (Å²) in [6, 6.07) is 0. The van der Waals surface area contributed by atoms with Crippen LogP contribution >= 0.6 is 0 Å². The molecular formula is C18H30Re-6. The maximum atomic E-state index is 2.99. The van der Waals surface area contributed by atoms with E-state index in [2.05, 4.69) is 48.6 Å². The molecule has 0 unspecified atom stereocenters. The molecule has 1 radical (unpaired) electrons. The molecule has 0 spiro atoms. The molecule has 19 heavy (non-hydrogen) atoms. The molecule has 0 saturated heterocycles. The van der Waals surface area contributed by atoms with Gasteiger partial charge in [-0.05, 0) is 12.8 Å². The van der Waals surface area contributed by atoms with Crippen LogP contribution in [0.1, 0.15) is 19.3 Å². The topological polar surface area (TPSA) is 0 Å². The molecule has 0 bridgehead atoms. The van der Waals surface area contributed by atoms with Crippen molar-refractivity contribution in [3.05, 3.63) is 97.9 Å². The average molecular weight is 433 g/mol. The largest absolute Gasteiger partial charge is 0.358 e. The molecule has 115 valence electrons. The Morgan fingerprint density at radius 1 is 0.579 bits per heavy atom. The number of hydrogen-bond donors (Lipinski definition) is 0. The summed E-state index contributed by atoms with van der Waals surface area (Å²) < 4.78 is 0. The van der Waals surface area contributed by atoms with E-state index < -0.39 is 0 Å². The molecule has 0 saturated carbocycles. The fraction of sp³-hybridized carbons (Fsp3) is 0.167. The first-order valence-electron chi connectivity index (χ1n) is 4.70. The molecule has 0 atom stereocenters. The van der Waals surface area contributed by atoms with Crippen molar-refractivity contribution in [3.63, 3.8) is 0 Å². The van der Waals surface area contributed by atoms with Crippen molar-refractivity contribution in [3.8, 4) is 0 Å². The Labute approximate surface area is 137 Å². The van der Waals surface area contributed by atoms with Crippen LogP contribution in [0, 0.1) is 43.2 Å². The summed E-state index contributed by atoms with van der Waals surface area (Å²) in [5.74, 6) is 0. The number of allylic oxidation sites excluding steroid dienone is 10. The molecule has 0 heterocycles. The molecule has 2 aliphatic carbocycles. The molecule has 0 aromatic heterocycles. The van der Waals surface area contributed by atoms with Gasteiger partial charge in [-0.25, -0.2) is 12.2 Å². The molecule has 0 nitrogen and oxygen atoms in total. The predicted molar refractivity (Wildman–Crippen MR) is 90.3 cm³/mol. The molecule has 1 heteroatoms. The number of hydrogen-bond acceptors (Lipinski definition) is 0. The van der Waals surface area contributed by atoms with Crippen LogP contribution in [0.4, 0.5) is 0 Å². The van der Waals surface area contributed by atoms with Crippen molar-refractivity contribution in [1.29, 1.82) is 0 Å². The first kappa shape index (κ1) is 36.2. The van der Waals surface area contributed by atoms with Crippen molar-refractivity contribution in [2.75, 3.05) is 0 Å². The Bertz CT molecular complexity index is 229. The van der Waals surface area contributed by atoms with Gasteiger partial charge in [-0.15, -0.1) is 6.42 Å². The summed E-state index contributed by atoms with van der Waals surface area (Å²) in [4.78, 5) is 0. The third-order valence-electron chi connectivity index (χ3n) is 1.69. The molecule has 0 aromatic carbocycles. The quantitative estimate of drug-likeness (QED) is 0.412. The van der Waals surface area contributed by atoms with Gasteiger partial charge >= 0.3 is 0 Å². The van der Waals surface area contributed by atoms with Crippen LogP contribution < -0.4 is 0 Å². The van der Waals surface area contributed by atoms with Crippen LogP contribution in [0.15, 0.2) is 54.7 Å². The summed E-state index contributed by atoms with van der Waals surface area (Å²) in [6.45, 7) is 0. The second-order valence-corrected chi connectivity index (χ2v) is 2.82. The average Bonchev–Trinajstić information content (AvgIpc) is 2.58. The van der Waals surface area contributed by atoms with Crippen LogP contribution in [0.25, 0.3) is 0 Å². The van der Waals surface area contributed by atoms with Gasteiger partial charge in [0.05, 0.1) is 0 Å². The summed E-state index contributed by atoms with van der Waals surface area (Å²) in [5.41, 5.74) is 0. The summed E-state index contributed by atoms with van der Waals surface area (Å²) in [5, 5.41) is 0. The maximum Gasteiger partial charge on any atom is 0 e. The van der Waals surface area contributed by atoms with Crippen molar-refractivity contribution < 1.29 is 20.4 Å². The van der Waals surface area contributed by atoms with Crippen molar-refractivity contribution >= 4 is 0 Å². The summed E-state index contributed by atoms with van der Waals surface area (Å²) in [6.07, 6.45) is 25.0. The van der Waals surface area contributed by atoms with Crippen molar-refractivity contribution in [1.82, 2.24) is 0 Å². The smallest absolute Gasteiger partial charge is 0 e. The van der Waals surface area contributed by atoms with Crippen molar-refractivity contribution in [2.45, 2.75) is 19.3 Å². The minimum absolute atomic E-state index is 0. The van der Waals surface area contributed by atoms with E-state index in [4.69, 9.17) is 0 Å². The Morgan fingerprint density at radius 2 is 1.05 bits per heavy atom. The van der Waals surface area contributed by atoms with Gasteiger partial charge in [-0.2, -0.15) is 6.08 Å². The van der Waals surface area contributed by atoms with Crippen LogP contribution in [0.2, 0.25) is 0 Å². The fourth-order valence-electron chi connectivity index (χ4n) is 1.01. The standard InChI is InChI=1S/C8H10.C5H5.5CH3.Re/c1-2-4-6-8-7-5-3-1;1-2-4-5-3-1;;;;;;/h1-6H,7-8H2;1-3H,4H2;5*1H3;/q;6*-1;/b2-1?,5-3-,6-4?;;;;;;;. The van der Waals surface area contributed by atoms with E-state index in [1.807, 2.05) is 12.2 Å². The monoisotopic (exact) mass is 433 g/mol. The molecule has 2 rings (SSSR count). The first-order chi connectivity index (χ1) is 6.50. The third-order valence-corrected chi connectivity index (χ3v) is 1.69. The zero-order valence-corrected chi connectivity index (χ0v) is 15.9. The van der Waals surface area contributed by atoms with E-state index in [1.165, 1.54) is 12.8 Å². The molecule has 0 fully saturated rings. The van der Waals surface area contributed by atoms with Crippen molar-refractivity contribution in [2.24, 2.45) is 0 Å². The van der Waals surface area contributed by atoms with Gasteiger partial charge in [0.15, 0.2) is 0 Å². The van der Waals surface area contributed by atoms with E-state index in [0.29, 0.717) is 0 Å². The van der Waals surface area contributed by atoms with Gasteiger partial charge in [0, 0.05) is 20.4 Å². The van der Waals surface area contributed by atoms with Gasteiger partial charge in [-0.3, -0.25) is 6.08 Å². The molecule has 0 aliphatic heterocycles. The predicted octanol–water partition coefficient (Wildman–Crippen LogP) is 6.00. The van der Waals surface area contributed by atoms with E-state index in [1.54, 1.807) is 0 Å².